The number of para-hydroxylation sites is 1. The highest BCUT2D eigenvalue weighted by atomic mass is 35.5. The Morgan fingerprint density at radius 2 is 2.10 bits per heavy atom. The fraction of sp³-hybridized carbons (Fsp3) is 0.625. The van der Waals surface area contributed by atoms with E-state index in [1.807, 2.05) is 18.2 Å². The third-order valence-corrected chi connectivity index (χ3v) is 4.83. The first kappa shape index (κ1) is 14.2. The molecule has 110 valence electrons. The van der Waals surface area contributed by atoms with Gasteiger partial charge in [-0.3, -0.25) is 0 Å². The lowest BCUT2D eigenvalue weighted by molar-refractivity contribution is -0.0509. The molecule has 1 aromatic rings. The molecule has 1 aliphatic carbocycles. The first-order valence-electron chi connectivity index (χ1n) is 7.50. The van der Waals surface area contributed by atoms with Gasteiger partial charge in [0.05, 0.1) is 16.7 Å². The van der Waals surface area contributed by atoms with Crippen LogP contribution in [0.2, 0.25) is 5.02 Å². The second-order valence-electron chi connectivity index (χ2n) is 5.91. The van der Waals surface area contributed by atoms with Crippen LogP contribution in [-0.4, -0.2) is 18.3 Å². The number of hydrogen-bond acceptors (Lipinski definition) is 3. The molecule has 0 amide bonds. The van der Waals surface area contributed by atoms with E-state index in [9.17, 15) is 0 Å². The van der Waals surface area contributed by atoms with Gasteiger partial charge in [-0.05, 0) is 31.7 Å². The number of nitrogens with two attached hydrogens (primary N) is 1. The Morgan fingerprint density at radius 3 is 2.85 bits per heavy atom. The van der Waals surface area contributed by atoms with E-state index < -0.39 is 0 Å². The minimum absolute atomic E-state index is 0.158. The van der Waals surface area contributed by atoms with Gasteiger partial charge in [0.1, 0.15) is 12.4 Å². The number of benzene rings is 1. The van der Waals surface area contributed by atoms with E-state index in [1.165, 1.54) is 32.1 Å². The molecule has 0 bridgehead atoms. The molecule has 1 saturated carbocycles. The molecule has 1 saturated heterocycles. The molecule has 1 atom stereocenters. The Morgan fingerprint density at radius 1 is 1.30 bits per heavy atom. The van der Waals surface area contributed by atoms with E-state index in [0.29, 0.717) is 23.9 Å². The van der Waals surface area contributed by atoms with E-state index in [-0.39, 0.29) is 11.7 Å². The number of halogens is 1. The SMILES string of the molecule is NCc1cccc(Cl)c1OCC1CCC2(CCCC2)O1. The summed E-state index contributed by atoms with van der Waals surface area (Å²) in [7, 11) is 0. The molecular formula is C16H22ClNO2. The first-order chi connectivity index (χ1) is 9.72. The highest BCUT2D eigenvalue weighted by Crippen LogP contribution is 2.43. The fourth-order valence-electron chi connectivity index (χ4n) is 3.45. The highest BCUT2D eigenvalue weighted by molar-refractivity contribution is 6.32. The fourth-order valence-corrected chi connectivity index (χ4v) is 3.70. The predicted octanol–water partition coefficient (Wildman–Crippen LogP) is 3.67. The first-order valence-corrected chi connectivity index (χ1v) is 7.88. The second kappa shape index (κ2) is 5.92. The van der Waals surface area contributed by atoms with Crippen LogP contribution in [0.1, 0.15) is 44.1 Å². The standard InChI is InChI=1S/C16H22ClNO2/c17-14-5-3-4-12(10-18)15(14)19-11-13-6-9-16(20-13)7-1-2-8-16/h3-5,13H,1-2,6-11,18H2. The topological polar surface area (TPSA) is 44.5 Å². The lowest BCUT2D eigenvalue weighted by atomic mass is 9.98. The average molecular weight is 296 g/mol. The van der Waals surface area contributed by atoms with Crippen molar-refractivity contribution >= 4 is 11.6 Å². The molecular weight excluding hydrogens is 274 g/mol. The summed E-state index contributed by atoms with van der Waals surface area (Å²) in [5.41, 5.74) is 6.84. The molecule has 3 nitrogen and oxygen atoms in total. The van der Waals surface area contributed by atoms with Crippen LogP contribution < -0.4 is 10.5 Å². The Hall–Kier alpha value is -0.770. The minimum Gasteiger partial charge on any atom is -0.489 e. The van der Waals surface area contributed by atoms with Crippen LogP contribution in [0, 0.1) is 0 Å². The van der Waals surface area contributed by atoms with E-state index in [4.69, 9.17) is 26.8 Å². The maximum absolute atomic E-state index is 6.25. The Balaban J connectivity index is 1.60. The second-order valence-corrected chi connectivity index (χ2v) is 6.32. The van der Waals surface area contributed by atoms with Crippen LogP contribution in [0.5, 0.6) is 5.75 Å². The molecule has 2 aliphatic rings. The van der Waals surface area contributed by atoms with Gasteiger partial charge in [0, 0.05) is 12.1 Å². The molecule has 1 unspecified atom stereocenters. The number of hydrogen-bond donors (Lipinski definition) is 1. The van der Waals surface area contributed by atoms with Gasteiger partial charge in [-0.2, -0.15) is 0 Å². The highest BCUT2D eigenvalue weighted by Gasteiger charge is 2.42. The summed E-state index contributed by atoms with van der Waals surface area (Å²) in [4.78, 5) is 0. The van der Waals surface area contributed by atoms with Crippen molar-refractivity contribution in [3.8, 4) is 5.75 Å². The van der Waals surface area contributed by atoms with E-state index in [2.05, 4.69) is 0 Å². The van der Waals surface area contributed by atoms with Crippen molar-refractivity contribution in [2.45, 2.75) is 56.8 Å². The van der Waals surface area contributed by atoms with Crippen LogP contribution in [-0.2, 0) is 11.3 Å². The zero-order chi connectivity index (χ0) is 14.0. The Bertz CT molecular complexity index is 472. The van der Waals surface area contributed by atoms with E-state index >= 15 is 0 Å². The van der Waals surface area contributed by atoms with Gasteiger partial charge in [-0.1, -0.05) is 36.6 Å². The van der Waals surface area contributed by atoms with Crippen LogP contribution in [0.4, 0.5) is 0 Å². The molecule has 0 radical (unpaired) electrons. The van der Waals surface area contributed by atoms with Crippen LogP contribution in [0.3, 0.4) is 0 Å². The van der Waals surface area contributed by atoms with Crippen molar-refractivity contribution in [1.29, 1.82) is 0 Å². The van der Waals surface area contributed by atoms with Gasteiger partial charge in [0.2, 0.25) is 0 Å². The van der Waals surface area contributed by atoms with Crippen molar-refractivity contribution in [2.24, 2.45) is 5.73 Å². The Labute approximate surface area is 125 Å². The predicted molar refractivity (Wildman–Crippen MR) is 80.1 cm³/mol. The summed E-state index contributed by atoms with van der Waals surface area (Å²) in [5, 5.41) is 0.626. The van der Waals surface area contributed by atoms with Gasteiger partial charge in [0.25, 0.3) is 0 Å². The van der Waals surface area contributed by atoms with Gasteiger partial charge < -0.3 is 15.2 Å². The van der Waals surface area contributed by atoms with Gasteiger partial charge in [-0.15, -0.1) is 0 Å². The summed E-state index contributed by atoms with van der Waals surface area (Å²) in [5.74, 6) is 0.715. The van der Waals surface area contributed by atoms with Crippen LogP contribution in [0.25, 0.3) is 0 Å². The summed E-state index contributed by atoms with van der Waals surface area (Å²) in [6.45, 7) is 1.00. The van der Waals surface area contributed by atoms with Crippen LogP contribution in [0.15, 0.2) is 18.2 Å². The zero-order valence-corrected chi connectivity index (χ0v) is 12.5. The molecule has 1 spiro atoms. The third kappa shape index (κ3) is 2.80. The van der Waals surface area contributed by atoms with E-state index in [0.717, 1.165) is 12.0 Å². The van der Waals surface area contributed by atoms with Crippen molar-refractivity contribution in [3.63, 3.8) is 0 Å². The maximum atomic E-state index is 6.25. The monoisotopic (exact) mass is 295 g/mol. The quantitative estimate of drug-likeness (QED) is 0.922. The summed E-state index contributed by atoms with van der Waals surface area (Å²) < 4.78 is 12.2. The molecule has 3 rings (SSSR count). The molecule has 0 aromatic heterocycles. The van der Waals surface area contributed by atoms with E-state index in [1.54, 1.807) is 0 Å². The molecule has 4 heteroatoms. The normalized spacial score (nSPS) is 24.4. The summed E-state index contributed by atoms with van der Waals surface area (Å²) >= 11 is 6.19. The summed E-state index contributed by atoms with van der Waals surface area (Å²) in [6, 6.07) is 5.69. The Kier molecular flexibility index (Phi) is 4.20. The zero-order valence-electron chi connectivity index (χ0n) is 11.7. The van der Waals surface area contributed by atoms with Crippen LogP contribution >= 0.6 is 11.6 Å². The molecule has 1 aliphatic heterocycles. The van der Waals surface area contributed by atoms with Crippen molar-refractivity contribution in [1.82, 2.24) is 0 Å². The summed E-state index contributed by atoms with van der Waals surface area (Å²) in [6.07, 6.45) is 7.48. The molecule has 2 N–H and O–H groups in total. The molecule has 20 heavy (non-hydrogen) atoms. The van der Waals surface area contributed by atoms with Gasteiger partial charge in [-0.25, -0.2) is 0 Å². The molecule has 2 fully saturated rings. The lowest BCUT2D eigenvalue weighted by Gasteiger charge is -2.24. The largest absolute Gasteiger partial charge is 0.489 e. The smallest absolute Gasteiger partial charge is 0.142 e. The van der Waals surface area contributed by atoms with Crippen molar-refractivity contribution in [3.05, 3.63) is 28.8 Å². The molecule has 1 heterocycles. The maximum Gasteiger partial charge on any atom is 0.142 e. The third-order valence-electron chi connectivity index (χ3n) is 4.54. The number of ether oxygens (including phenoxy) is 2. The number of rotatable bonds is 4. The van der Waals surface area contributed by atoms with Gasteiger partial charge in [0.15, 0.2) is 0 Å². The van der Waals surface area contributed by atoms with Gasteiger partial charge >= 0.3 is 0 Å². The molecule has 1 aromatic carbocycles. The van der Waals surface area contributed by atoms with Crippen molar-refractivity contribution < 1.29 is 9.47 Å². The minimum atomic E-state index is 0.158. The van der Waals surface area contributed by atoms with Crippen molar-refractivity contribution in [2.75, 3.05) is 6.61 Å². The average Bonchev–Trinajstić information content (AvgIpc) is 3.08. The lowest BCUT2D eigenvalue weighted by Crippen LogP contribution is -2.27.